The van der Waals surface area contributed by atoms with Crippen LogP contribution < -0.4 is 10.0 Å². The molecule has 0 unspecified atom stereocenters. The van der Waals surface area contributed by atoms with Crippen LogP contribution in [0.3, 0.4) is 0 Å². The number of sulfonamides is 1. The van der Waals surface area contributed by atoms with Crippen LogP contribution in [0.1, 0.15) is 44.8 Å². The standard InChI is InChI=1S/C18H28N10O5S/c1-5-28-25-16(24-26-28)14-12(29)13(30)18(33-14)27-8-20-11-15(19-4)22-10(23-17(11)27)6-21-34(31,32)7-9(2)3/h8-9,12-14,18,21,29-30H,5-7H2,1-4H3,(H,19,22,23)/t12-,13+,14-,18+/m0/s1. The Morgan fingerprint density at radius 3 is 2.65 bits per heavy atom. The molecule has 34 heavy (non-hydrogen) atoms. The van der Waals surface area contributed by atoms with Crippen LogP contribution in [0.15, 0.2) is 6.33 Å². The highest BCUT2D eigenvalue weighted by Gasteiger charge is 2.47. The summed E-state index contributed by atoms with van der Waals surface area (Å²) in [6, 6.07) is 0. The van der Waals surface area contributed by atoms with E-state index in [9.17, 15) is 18.6 Å². The van der Waals surface area contributed by atoms with Gasteiger partial charge in [0.05, 0.1) is 25.2 Å². The van der Waals surface area contributed by atoms with Gasteiger partial charge in [0, 0.05) is 7.05 Å². The highest BCUT2D eigenvalue weighted by atomic mass is 32.2. The van der Waals surface area contributed by atoms with Gasteiger partial charge in [-0.2, -0.15) is 4.80 Å². The van der Waals surface area contributed by atoms with Crippen molar-refractivity contribution in [2.75, 3.05) is 18.1 Å². The molecule has 0 radical (unpaired) electrons. The van der Waals surface area contributed by atoms with Gasteiger partial charge in [-0.3, -0.25) is 4.57 Å². The van der Waals surface area contributed by atoms with Gasteiger partial charge in [0.15, 0.2) is 29.3 Å². The van der Waals surface area contributed by atoms with E-state index in [1.807, 2.05) is 20.8 Å². The van der Waals surface area contributed by atoms with Crippen molar-refractivity contribution in [3.05, 3.63) is 18.0 Å². The van der Waals surface area contributed by atoms with Gasteiger partial charge < -0.3 is 20.3 Å². The van der Waals surface area contributed by atoms with Crippen LogP contribution in [0, 0.1) is 5.92 Å². The molecule has 3 aromatic rings. The quantitative estimate of drug-likeness (QED) is 0.281. The smallest absolute Gasteiger partial charge is 0.212 e. The lowest BCUT2D eigenvalue weighted by Crippen LogP contribution is -2.30. The van der Waals surface area contributed by atoms with Crippen LogP contribution in [0.4, 0.5) is 5.82 Å². The van der Waals surface area contributed by atoms with E-state index in [1.165, 1.54) is 15.7 Å². The van der Waals surface area contributed by atoms with E-state index in [1.54, 1.807) is 7.05 Å². The van der Waals surface area contributed by atoms with Crippen molar-refractivity contribution in [1.29, 1.82) is 0 Å². The van der Waals surface area contributed by atoms with Crippen molar-refractivity contribution < 1.29 is 23.4 Å². The average molecular weight is 497 g/mol. The molecule has 4 rings (SSSR count). The normalized spacial score (nSPS) is 23.3. The van der Waals surface area contributed by atoms with Crippen molar-refractivity contribution >= 4 is 27.0 Å². The van der Waals surface area contributed by atoms with Gasteiger partial charge >= 0.3 is 0 Å². The number of tetrazole rings is 1. The van der Waals surface area contributed by atoms with Crippen molar-refractivity contribution in [2.24, 2.45) is 5.92 Å². The maximum Gasteiger partial charge on any atom is 0.212 e. The van der Waals surface area contributed by atoms with Gasteiger partial charge in [0.25, 0.3) is 0 Å². The van der Waals surface area contributed by atoms with Crippen LogP contribution in [0.5, 0.6) is 0 Å². The molecule has 15 nitrogen and oxygen atoms in total. The summed E-state index contributed by atoms with van der Waals surface area (Å²) in [5.41, 5.74) is 0.680. The first-order valence-electron chi connectivity index (χ1n) is 10.8. The van der Waals surface area contributed by atoms with Crippen molar-refractivity contribution in [3.63, 3.8) is 0 Å². The van der Waals surface area contributed by atoms with Crippen LogP contribution in [0.2, 0.25) is 0 Å². The first kappa shape index (κ1) is 24.3. The molecule has 186 valence electrons. The number of rotatable bonds is 9. The number of nitrogens with zero attached hydrogens (tertiary/aromatic N) is 8. The first-order chi connectivity index (χ1) is 16.1. The third kappa shape index (κ3) is 4.72. The molecule has 16 heteroatoms. The molecule has 1 aliphatic rings. The second-order valence-electron chi connectivity index (χ2n) is 8.32. The monoisotopic (exact) mass is 496 g/mol. The largest absolute Gasteiger partial charge is 0.387 e. The van der Waals surface area contributed by atoms with E-state index >= 15 is 0 Å². The summed E-state index contributed by atoms with van der Waals surface area (Å²) >= 11 is 0. The van der Waals surface area contributed by atoms with Gasteiger partial charge in [-0.05, 0) is 18.1 Å². The Labute approximate surface area is 195 Å². The fourth-order valence-corrected chi connectivity index (χ4v) is 5.02. The maximum absolute atomic E-state index is 12.2. The minimum Gasteiger partial charge on any atom is -0.387 e. The second-order valence-corrected chi connectivity index (χ2v) is 10.2. The number of imidazole rings is 1. The summed E-state index contributed by atoms with van der Waals surface area (Å²) in [5.74, 6) is 0.654. The molecular formula is C18H28N10O5S. The highest BCUT2D eigenvalue weighted by Crippen LogP contribution is 2.38. The molecule has 0 aliphatic carbocycles. The molecular weight excluding hydrogens is 468 g/mol. The van der Waals surface area contributed by atoms with Crippen LogP contribution in [0.25, 0.3) is 11.2 Å². The molecule has 1 saturated heterocycles. The summed E-state index contributed by atoms with van der Waals surface area (Å²) in [6.07, 6.45) is -3.30. The lowest BCUT2D eigenvalue weighted by atomic mass is 10.1. The number of fused-ring (bicyclic) bond motifs is 1. The van der Waals surface area contributed by atoms with Crippen LogP contribution in [-0.2, 0) is 27.8 Å². The molecule has 1 aliphatic heterocycles. The highest BCUT2D eigenvalue weighted by molar-refractivity contribution is 7.89. The summed E-state index contributed by atoms with van der Waals surface area (Å²) in [4.78, 5) is 14.4. The molecule has 0 aromatic carbocycles. The fourth-order valence-electron chi connectivity index (χ4n) is 3.68. The number of anilines is 1. The molecule has 1 fully saturated rings. The Hall–Kier alpha value is -2.79. The van der Waals surface area contributed by atoms with E-state index in [0.29, 0.717) is 23.5 Å². The van der Waals surface area contributed by atoms with E-state index in [-0.39, 0.29) is 29.9 Å². The number of aliphatic hydroxyl groups excluding tert-OH is 2. The van der Waals surface area contributed by atoms with Gasteiger partial charge in [-0.25, -0.2) is 28.1 Å². The van der Waals surface area contributed by atoms with E-state index in [4.69, 9.17) is 4.74 Å². The number of aliphatic hydroxyl groups is 2. The minimum absolute atomic E-state index is 0.0237. The lowest BCUT2D eigenvalue weighted by Gasteiger charge is -2.17. The molecule has 4 heterocycles. The Bertz CT molecular complexity index is 1260. The molecule has 0 bridgehead atoms. The van der Waals surface area contributed by atoms with Gasteiger partial charge in [-0.1, -0.05) is 13.8 Å². The van der Waals surface area contributed by atoms with Crippen molar-refractivity contribution in [3.8, 4) is 0 Å². The summed E-state index contributed by atoms with van der Waals surface area (Å²) < 4.78 is 34.3. The Balaban J connectivity index is 1.64. The summed E-state index contributed by atoms with van der Waals surface area (Å²) in [7, 11) is -1.86. The number of aromatic nitrogens is 8. The summed E-state index contributed by atoms with van der Waals surface area (Å²) in [5, 5.41) is 36.1. The van der Waals surface area contributed by atoms with E-state index < -0.39 is 34.6 Å². The van der Waals surface area contributed by atoms with Crippen molar-refractivity contribution in [1.82, 2.24) is 44.4 Å². The Kier molecular flexibility index (Phi) is 6.77. The predicted molar refractivity (Wildman–Crippen MR) is 119 cm³/mol. The second kappa shape index (κ2) is 9.46. The molecule has 0 saturated carbocycles. The average Bonchev–Trinajstić information content (AvgIpc) is 3.49. The Morgan fingerprint density at radius 1 is 1.24 bits per heavy atom. The predicted octanol–water partition coefficient (Wildman–Crippen LogP) is -1.06. The number of nitrogens with one attached hydrogen (secondary N) is 2. The zero-order chi connectivity index (χ0) is 24.6. The molecule has 4 atom stereocenters. The zero-order valence-corrected chi connectivity index (χ0v) is 20.0. The molecule has 0 spiro atoms. The van der Waals surface area contributed by atoms with Gasteiger partial charge in [0.2, 0.25) is 15.8 Å². The number of hydrogen-bond donors (Lipinski definition) is 4. The number of hydrogen-bond acceptors (Lipinski definition) is 12. The third-order valence-corrected chi connectivity index (χ3v) is 6.92. The minimum atomic E-state index is -3.51. The molecule has 0 amide bonds. The molecule has 4 N–H and O–H groups in total. The van der Waals surface area contributed by atoms with Gasteiger partial charge in [-0.15, -0.1) is 10.2 Å². The van der Waals surface area contributed by atoms with E-state index in [0.717, 1.165) is 0 Å². The maximum atomic E-state index is 12.2. The Morgan fingerprint density at radius 2 is 2.00 bits per heavy atom. The third-order valence-electron chi connectivity index (χ3n) is 5.23. The zero-order valence-electron chi connectivity index (χ0n) is 19.2. The van der Waals surface area contributed by atoms with Crippen molar-refractivity contribution in [2.45, 2.75) is 58.4 Å². The van der Waals surface area contributed by atoms with Crippen LogP contribution in [-0.4, -0.2) is 83.4 Å². The van der Waals surface area contributed by atoms with Crippen LogP contribution >= 0.6 is 0 Å². The lowest BCUT2D eigenvalue weighted by molar-refractivity contribution is -0.0384. The summed E-state index contributed by atoms with van der Waals surface area (Å²) in [6.45, 7) is 5.82. The number of ether oxygens (including phenoxy) is 1. The van der Waals surface area contributed by atoms with Gasteiger partial charge in [0.1, 0.15) is 18.0 Å². The first-order valence-corrected chi connectivity index (χ1v) is 12.5. The topological polar surface area (TPSA) is 195 Å². The molecule has 3 aromatic heterocycles. The van der Waals surface area contributed by atoms with E-state index in [2.05, 4.69) is 40.4 Å². The fraction of sp³-hybridized carbons (Fsp3) is 0.667. The SMILES string of the molecule is CCn1nnc([C@H]2O[C@@H](n3cnc4c(NC)nc(CNS(=O)(=O)CC(C)C)nc43)[C@H](O)[C@@H]2O)n1. The number of aryl methyl sites for hydroxylation is 1.